The molecule has 0 aliphatic carbocycles. The van der Waals surface area contributed by atoms with Crippen molar-refractivity contribution in [3.8, 4) is 5.75 Å². The number of aromatic nitrogens is 1. The smallest absolute Gasteiger partial charge is 0.358 e. The zero-order valence-corrected chi connectivity index (χ0v) is 11.9. The van der Waals surface area contributed by atoms with Crippen molar-refractivity contribution in [2.45, 2.75) is 6.42 Å². The molecule has 0 saturated carbocycles. The standard InChI is InChI=1S/C14H14N2O4S/c17-12(15-7-5-10-3-2-8-21-10)9-20-11-4-1-6-16-13(11)14(18)19/h1-4,6,8H,5,7,9H2,(H,15,17)(H,18,19). The number of nitrogens with zero attached hydrogens (tertiary/aromatic N) is 1. The summed E-state index contributed by atoms with van der Waals surface area (Å²) in [5, 5.41) is 13.6. The van der Waals surface area contributed by atoms with Gasteiger partial charge in [-0.05, 0) is 30.0 Å². The Kier molecular flexibility index (Phi) is 5.28. The third kappa shape index (κ3) is 4.57. The highest BCUT2D eigenvalue weighted by Gasteiger charge is 2.13. The van der Waals surface area contributed by atoms with E-state index in [9.17, 15) is 9.59 Å². The van der Waals surface area contributed by atoms with E-state index in [1.807, 2.05) is 17.5 Å². The van der Waals surface area contributed by atoms with Gasteiger partial charge in [0.1, 0.15) is 0 Å². The van der Waals surface area contributed by atoms with Gasteiger partial charge in [-0.3, -0.25) is 4.79 Å². The summed E-state index contributed by atoms with van der Waals surface area (Å²) in [4.78, 5) is 27.4. The largest absolute Gasteiger partial charge is 0.481 e. The number of hydrogen-bond donors (Lipinski definition) is 2. The molecule has 0 atom stereocenters. The van der Waals surface area contributed by atoms with E-state index >= 15 is 0 Å². The van der Waals surface area contributed by atoms with Crippen molar-refractivity contribution in [2.24, 2.45) is 0 Å². The summed E-state index contributed by atoms with van der Waals surface area (Å²) < 4.78 is 5.20. The maximum absolute atomic E-state index is 11.6. The predicted molar refractivity (Wildman–Crippen MR) is 77.7 cm³/mol. The highest BCUT2D eigenvalue weighted by molar-refractivity contribution is 7.09. The van der Waals surface area contributed by atoms with Crippen molar-refractivity contribution in [1.29, 1.82) is 0 Å². The molecule has 0 aromatic carbocycles. The Hall–Kier alpha value is -2.41. The molecule has 0 saturated heterocycles. The lowest BCUT2D eigenvalue weighted by Crippen LogP contribution is -2.30. The Morgan fingerprint density at radius 3 is 2.90 bits per heavy atom. The molecule has 0 aliphatic rings. The van der Waals surface area contributed by atoms with E-state index in [2.05, 4.69) is 10.3 Å². The number of thiophene rings is 1. The minimum atomic E-state index is -1.19. The van der Waals surface area contributed by atoms with E-state index in [0.29, 0.717) is 6.54 Å². The lowest BCUT2D eigenvalue weighted by Gasteiger charge is -2.08. The maximum atomic E-state index is 11.6. The Morgan fingerprint density at radius 2 is 2.19 bits per heavy atom. The van der Waals surface area contributed by atoms with Crippen LogP contribution >= 0.6 is 11.3 Å². The van der Waals surface area contributed by atoms with Gasteiger partial charge >= 0.3 is 5.97 Å². The van der Waals surface area contributed by atoms with Crippen molar-refractivity contribution < 1.29 is 19.4 Å². The van der Waals surface area contributed by atoms with E-state index in [-0.39, 0.29) is 24.0 Å². The molecule has 1 amide bonds. The van der Waals surface area contributed by atoms with Crippen molar-refractivity contribution in [1.82, 2.24) is 10.3 Å². The van der Waals surface area contributed by atoms with E-state index < -0.39 is 5.97 Å². The lowest BCUT2D eigenvalue weighted by atomic mass is 10.3. The molecule has 110 valence electrons. The summed E-state index contributed by atoms with van der Waals surface area (Å²) in [7, 11) is 0. The molecule has 0 radical (unpaired) electrons. The number of nitrogens with one attached hydrogen (secondary N) is 1. The van der Waals surface area contributed by atoms with Gasteiger partial charge in [-0.15, -0.1) is 11.3 Å². The van der Waals surface area contributed by atoms with Crippen molar-refractivity contribution in [3.63, 3.8) is 0 Å². The van der Waals surface area contributed by atoms with E-state index in [1.165, 1.54) is 17.1 Å². The number of carboxylic acids is 1. The number of aromatic carboxylic acids is 1. The number of ether oxygens (including phenoxy) is 1. The highest BCUT2D eigenvalue weighted by atomic mass is 32.1. The third-order valence-corrected chi connectivity index (χ3v) is 3.54. The number of carbonyl (C=O) groups excluding carboxylic acids is 1. The Bertz CT molecular complexity index is 613. The molecule has 2 heterocycles. The number of pyridine rings is 1. The summed E-state index contributed by atoms with van der Waals surface area (Å²) in [6.07, 6.45) is 2.12. The first-order valence-electron chi connectivity index (χ1n) is 6.27. The SMILES string of the molecule is O=C(COc1cccnc1C(=O)O)NCCc1cccs1. The maximum Gasteiger partial charge on any atom is 0.358 e. The fraction of sp³-hybridized carbons (Fsp3) is 0.214. The topological polar surface area (TPSA) is 88.5 Å². The molecule has 2 aromatic rings. The monoisotopic (exact) mass is 306 g/mol. The van der Waals surface area contributed by atoms with Crippen LogP contribution in [-0.4, -0.2) is 35.1 Å². The van der Waals surface area contributed by atoms with Crippen LogP contribution in [0.5, 0.6) is 5.75 Å². The quantitative estimate of drug-likeness (QED) is 0.811. The molecule has 21 heavy (non-hydrogen) atoms. The number of carboxylic acid groups (broad SMARTS) is 1. The zero-order chi connectivity index (χ0) is 15.1. The van der Waals surface area contributed by atoms with Gasteiger partial charge in [0.05, 0.1) is 0 Å². The third-order valence-electron chi connectivity index (χ3n) is 2.61. The van der Waals surface area contributed by atoms with Crippen LogP contribution in [0.4, 0.5) is 0 Å². The molecule has 2 aromatic heterocycles. The molecular weight excluding hydrogens is 292 g/mol. The van der Waals surface area contributed by atoms with Gasteiger partial charge < -0.3 is 15.2 Å². The molecule has 0 aliphatic heterocycles. The second-order valence-corrected chi connectivity index (χ2v) is 5.16. The Balaban J connectivity index is 1.77. The van der Waals surface area contributed by atoms with Gasteiger partial charge in [-0.2, -0.15) is 0 Å². The van der Waals surface area contributed by atoms with Crippen LogP contribution < -0.4 is 10.1 Å². The lowest BCUT2D eigenvalue weighted by molar-refractivity contribution is -0.123. The van der Waals surface area contributed by atoms with Crippen LogP contribution in [0.3, 0.4) is 0 Å². The zero-order valence-electron chi connectivity index (χ0n) is 11.1. The highest BCUT2D eigenvalue weighted by Crippen LogP contribution is 2.14. The summed E-state index contributed by atoms with van der Waals surface area (Å²) in [5.74, 6) is -1.41. The molecular formula is C14H14N2O4S. The minimum Gasteiger partial charge on any atom is -0.481 e. The van der Waals surface area contributed by atoms with Crippen LogP contribution in [-0.2, 0) is 11.2 Å². The van der Waals surface area contributed by atoms with Gasteiger partial charge in [0, 0.05) is 17.6 Å². The first-order chi connectivity index (χ1) is 10.2. The van der Waals surface area contributed by atoms with Crippen LogP contribution in [0, 0.1) is 0 Å². The van der Waals surface area contributed by atoms with E-state index in [4.69, 9.17) is 9.84 Å². The van der Waals surface area contributed by atoms with Crippen LogP contribution in [0.2, 0.25) is 0 Å². The summed E-state index contributed by atoms with van der Waals surface area (Å²) >= 11 is 1.63. The Labute approximate surface area is 125 Å². The molecule has 0 spiro atoms. The Morgan fingerprint density at radius 1 is 1.33 bits per heavy atom. The molecule has 2 N–H and O–H groups in total. The molecule has 6 nitrogen and oxygen atoms in total. The van der Waals surface area contributed by atoms with Crippen molar-refractivity contribution in [2.75, 3.05) is 13.2 Å². The number of rotatable bonds is 7. The van der Waals surface area contributed by atoms with Crippen LogP contribution in [0.25, 0.3) is 0 Å². The van der Waals surface area contributed by atoms with Crippen LogP contribution in [0.1, 0.15) is 15.4 Å². The van der Waals surface area contributed by atoms with Crippen LogP contribution in [0.15, 0.2) is 35.8 Å². The average molecular weight is 306 g/mol. The number of amides is 1. The predicted octanol–water partition coefficient (Wildman–Crippen LogP) is 1.58. The molecule has 0 bridgehead atoms. The average Bonchev–Trinajstić information content (AvgIpc) is 2.98. The molecule has 0 fully saturated rings. The second-order valence-electron chi connectivity index (χ2n) is 4.12. The van der Waals surface area contributed by atoms with Gasteiger partial charge in [-0.25, -0.2) is 9.78 Å². The van der Waals surface area contributed by atoms with E-state index in [1.54, 1.807) is 17.4 Å². The first-order valence-corrected chi connectivity index (χ1v) is 7.15. The van der Waals surface area contributed by atoms with Gasteiger partial charge in [0.2, 0.25) is 0 Å². The summed E-state index contributed by atoms with van der Waals surface area (Å²) in [6, 6.07) is 6.98. The van der Waals surface area contributed by atoms with Gasteiger partial charge in [-0.1, -0.05) is 6.07 Å². The minimum absolute atomic E-state index is 0.0819. The summed E-state index contributed by atoms with van der Waals surface area (Å²) in [6.45, 7) is 0.276. The van der Waals surface area contributed by atoms with Gasteiger partial charge in [0.25, 0.3) is 5.91 Å². The molecule has 0 unspecified atom stereocenters. The molecule has 7 heteroatoms. The normalized spacial score (nSPS) is 10.1. The molecule has 2 rings (SSSR count). The van der Waals surface area contributed by atoms with Gasteiger partial charge in [0.15, 0.2) is 18.1 Å². The fourth-order valence-corrected chi connectivity index (χ4v) is 2.35. The fourth-order valence-electron chi connectivity index (χ4n) is 1.64. The van der Waals surface area contributed by atoms with Crippen molar-refractivity contribution >= 4 is 23.2 Å². The number of carbonyl (C=O) groups is 2. The van der Waals surface area contributed by atoms with Crippen molar-refractivity contribution in [3.05, 3.63) is 46.4 Å². The second kappa shape index (κ2) is 7.39. The number of hydrogen-bond acceptors (Lipinski definition) is 5. The van der Waals surface area contributed by atoms with E-state index in [0.717, 1.165) is 6.42 Å². The first kappa shape index (κ1) is 15.0. The summed E-state index contributed by atoms with van der Waals surface area (Å²) in [5.41, 5.74) is -0.205.